The highest BCUT2D eigenvalue weighted by atomic mass is 32.1. The average Bonchev–Trinajstić information content (AvgIpc) is 3.30. The second-order valence-electron chi connectivity index (χ2n) is 7.93. The number of aromatic nitrogens is 2. The number of rotatable bonds is 4. The molecule has 1 saturated carbocycles. The van der Waals surface area contributed by atoms with E-state index in [9.17, 15) is 4.79 Å². The summed E-state index contributed by atoms with van der Waals surface area (Å²) in [5.41, 5.74) is 1.66. The van der Waals surface area contributed by atoms with Gasteiger partial charge in [-0.15, -0.1) is 22.7 Å². The Balaban J connectivity index is 1.27. The van der Waals surface area contributed by atoms with Gasteiger partial charge in [-0.3, -0.25) is 15.0 Å². The summed E-state index contributed by atoms with van der Waals surface area (Å²) in [4.78, 5) is 24.1. The zero-order valence-electron chi connectivity index (χ0n) is 15.9. The van der Waals surface area contributed by atoms with Crippen molar-refractivity contribution >= 4 is 43.9 Å². The molecule has 7 heteroatoms. The lowest BCUT2D eigenvalue weighted by Gasteiger charge is -2.47. The van der Waals surface area contributed by atoms with Gasteiger partial charge in [-0.2, -0.15) is 0 Å². The van der Waals surface area contributed by atoms with Crippen LogP contribution in [-0.4, -0.2) is 39.4 Å². The molecule has 0 spiro atoms. The predicted octanol–water partition coefficient (Wildman–Crippen LogP) is 5.13. The van der Waals surface area contributed by atoms with Crippen molar-refractivity contribution in [2.24, 2.45) is 0 Å². The van der Waals surface area contributed by atoms with Crippen LogP contribution in [0.15, 0.2) is 29.8 Å². The van der Waals surface area contributed by atoms with Crippen LogP contribution in [0.1, 0.15) is 60.3 Å². The van der Waals surface area contributed by atoms with Gasteiger partial charge in [0.15, 0.2) is 5.13 Å². The topological polar surface area (TPSA) is 58.1 Å². The first-order valence-corrected chi connectivity index (χ1v) is 11.7. The molecule has 5 rings (SSSR count). The summed E-state index contributed by atoms with van der Waals surface area (Å²) in [6.45, 7) is 3.64. The molecular formula is C21H24N4OS2. The van der Waals surface area contributed by atoms with E-state index in [1.54, 1.807) is 17.5 Å². The van der Waals surface area contributed by atoms with Crippen molar-refractivity contribution < 1.29 is 4.79 Å². The van der Waals surface area contributed by atoms with Gasteiger partial charge in [-0.1, -0.05) is 6.42 Å². The smallest absolute Gasteiger partial charge is 0.257 e. The summed E-state index contributed by atoms with van der Waals surface area (Å²) in [5.74, 6) is 0.457. The van der Waals surface area contributed by atoms with Crippen molar-refractivity contribution in [3.8, 4) is 0 Å². The number of thiazole rings is 2. The number of fused-ring (bicyclic) bond motifs is 1. The molecule has 1 atom stereocenters. The number of amides is 1. The fourth-order valence-corrected chi connectivity index (χ4v) is 6.09. The van der Waals surface area contributed by atoms with E-state index in [1.165, 1.54) is 55.0 Å². The molecule has 0 unspecified atom stereocenters. The highest BCUT2D eigenvalue weighted by molar-refractivity contribution is 7.18. The van der Waals surface area contributed by atoms with Gasteiger partial charge >= 0.3 is 0 Å². The second kappa shape index (κ2) is 7.54. The van der Waals surface area contributed by atoms with Crippen LogP contribution in [0.2, 0.25) is 0 Å². The quantitative estimate of drug-likeness (QED) is 0.646. The number of nitrogens with one attached hydrogen (secondary N) is 1. The Morgan fingerprint density at radius 1 is 1.29 bits per heavy atom. The van der Waals surface area contributed by atoms with E-state index in [-0.39, 0.29) is 5.91 Å². The Hall–Kier alpha value is -1.83. The number of piperidine rings is 1. The van der Waals surface area contributed by atoms with Gasteiger partial charge in [-0.05, 0) is 57.4 Å². The fourth-order valence-electron chi connectivity index (χ4n) is 4.44. The minimum absolute atomic E-state index is 0.116. The number of carbonyl (C=O) groups excluding carboxylic acids is 1. The second-order valence-corrected chi connectivity index (χ2v) is 9.89. The minimum atomic E-state index is -0.116. The third kappa shape index (κ3) is 3.47. The predicted molar refractivity (Wildman–Crippen MR) is 115 cm³/mol. The van der Waals surface area contributed by atoms with E-state index in [2.05, 4.69) is 22.1 Å². The summed E-state index contributed by atoms with van der Waals surface area (Å²) in [6, 6.07) is 7.24. The standard InChI is InChI=1S/C21H24N4OS2/c1-13-4-2-3-8-25(13)16-10-15(11-16)20-23-17-6-5-14(12-18(17)28-20)19(26)24-21-22-7-9-27-21/h5-7,9,12-13,15-16H,2-4,8,10-11H2,1H3,(H,22,24,26)/t13-,15?,16?/m0/s1. The van der Waals surface area contributed by atoms with E-state index in [0.29, 0.717) is 16.6 Å². The highest BCUT2D eigenvalue weighted by Crippen LogP contribution is 2.44. The third-order valence-electron chi connectivity index (χ3n) is 6.11. The van der Waals surface area contributed by atoms with Crippen LogP contribution >= 0.6 is 22.7 Å². The van der Waals surface area contributed by atoms with Crippen molar-refractivity contribution in [2.45, 2.75) is 57.0 Å². The first kappa shape index (κ1) is 18.2. The lowest BCUT2D eigenvalue weighted by molar-refractivity contribution is 0.0480. The van der Waals surface area contributed by atoms with Crippen LogP contribution in [0.5, 0.6) is 0 Å². The maximum absolute atomic E-state index is 12.4. The Morgan fingerprint density at radius 3 is 2.96 bits per heavy atom. The third-order valence-corrected chi connectivity index (χ3v) is 7.97. The minimum Gasteiger partial charge on any atom is -0.298 e. The van der Waals surface area contributed by atoms with Gasteiger partial charge in [0, 0.05) is 35.1 Å². The number of hydrogen-bond donors (Lipinski definition) is 1. The molecule has 2 aromatic heterocycles. The number of likely N-dealkylation sites (tertiary alicyclic amines) is 1. The molecule has 3 heterocycles. The SMILES string of the molecule is C[C@H]1CCCCN1C1CC(c2nc3ccc(C(=O)Nc4nccs4)cc3s2)C1. The number of nitrogens with zero attached hydrogens (tertiary/aromatic N) is 3. The van der Waals surface area contributed by atoms with Crippen LogP contribution in [0, 0.1) is 0 Å². The molecule has 146 valence electrons. The molecule has 1 saturated heterocycles. The van der Waals surface area contributed by atoms with Crippen molar-refractivity contribution in [2.75, 3.05) is 11.9 Å². The van der Waals surface area contributed by atoms with Crippen molar-refractivity contribution in [3.05, 3.63) is 40.3 Å². The molecule has 3 aromatic rings. The fraction of sp³-hybridized carbons (Fsp3) is 0.476. The van der Waals surface area contributed by atoms with E-state index in [4.69, 9.17) is 4.98 Å². The normalized spacial score (nSPS) is 25.5. The summed E-state index contributed by atoms with van der Waals surface area (Å²) in [7, 11) is 0. The van der Waals surface area contributed by atoms with Crippen molar-refractivity contribution in [3.63, 3.8) is 0 Å². The lowest BCUT2D eigenvalue weighted by Crippen LogP contribution is -2.50. The van der Waals surface area contributed by atoms with Crippen LogP contribution < -0.4 is 5.32 Å². The Labute approximate surface area is 172 Å². The molecule has 0 bridgehead atoms. The Bertz CT molecular complexity index is 978. The van der Waals surface area contributed by atoms with Crippen LogP contribution in [0.25, 0.3) is 10.2 Å². The molecule has 1 aliphatic heterocycles. The number of anilines is 1. The summed E-state index contributed by atoms with van der Waals surface area (Å²) < 4.78 is 1.09. The average molecular weight is 413 g/mol. The van der Waals surface area contributed by atoms with Crippen LogP contribution in [0.4, 0.5) is 5.13 Å². The first-order chi connectivity index (χ1) is 13.7. The maximum Gasteiger partial charge on any atom is 0.257 e. The molecule has 28 heavy (non-hydrogen) atoms. The number of hydrogen-bond acceptors (Lipinski definition) is 6. The molecule has 1 N–H and O–H groups in total. The summed E-state index contributed by atoms with van der Waals surface area (Å²) in [6.07, 6.45) is 8.20. The van der Waals surface area contributed by atoms with Gasteiger partial charge in [0.05, 0.1) is 15.2 Å². The molecule has 1 amide bonds. The molecule has 2 fully saturated rings. The van der Waals surface area contributed by atoms with E-state index >= 15 is 0 Å². The van der Waals surface area contributed by atoms with Crippen molar-refractivity contribution in [1.82, 2.24) is 14.9 Å². The van der Waals surface area contributed by atoms with Gasteiger partial charge in [-0.25, -0.2) is 9.97 Å². The van der Waals surface area contributed by atoms with Gasteiger partial charge < -0.3 is 0 Å². The largest absolute Gasteiger partial charge is 0.298 e. The van der Waals surface area contributed by atoms with Crippen LogP contribution in [-0.2, 0) is 0 Å². The van der Waals surface area contributed by atoms with Gasteiger partial charge in [0.1, 0.15) is 0 Å². The first-order valence-electron chi connectivity index (χ1n) is 10.0. The van der Waals surface area contributed by atoms with Gasteiger partial charge in [0.25, 0.3) is 5.91 Å². The molecular weight excluding hydrogens is 388 g/mol. The van der Waals surface area contributed by atoms with Crippen molar-refractivity contribution in [1.29, 1.82) is 0 Å². The summed E-state index contributed by atoms with van der Waals surface area (Å²) >= 11 is 3.17. The Morgan fingerprint density at radius 2 is 2.18 bits per heavy atom. The molecule has 5 nitrogen and oxygen atoms in total. The number of carbonyl (C=O) groups is 1. The molecule has 0 radical (unpaired) electrons. The Kier molecular flexibility index (Phi) is 4.90. The number of benzene rings is 1. The maximum atomic E-state index is 12.4. The van der Waals surface area contributed by atoms with E-state index in [0.717, 1.165) is 22.3 Å². The molecule has 1 aliphatic carbocycles. The zero-order chi connectivity index (χ0) is 19.1. The highest BCUT2D eigenvalue weighted by Gasteiger charge is 2.38. The summed E-state index contributed by atoms with van der Waals surface area (Å²) in [5, 5.41) is 6.56. The lowest BCUT2D eigenvalue weighted by atomic mass is 9.78. The van der Waals surface area contributed by atoms with E-state index in [1.807, 2.05) is 23.6 Å². The van der Waals surface area contributed by atoms with Crippen LogP contribution in [0.3, 0.4) is 0 Å². The molecule has 2 aliphatic rings. The van der Waals surface area contributed by atoms with E-state index < -0.39 is 0 Å². The molecule has 1 aromatic carbocycles. The zero-order valence-corrected chi connectivity index (χ0v) is 17.6. The monoisotopic (exact) mass is 412 g/mol. The van der Waals surface area contributed by atoms with Gasteiger partial charge in [0.2, 0.25) is 0 Å².